The molecule has 0 fully saturated rings. The molecular weight excluding hydrogens is 376 g/mol. The maximum Gasteiger partial charge on any atom is 0.195 e. The molecule has 0 bridgehead atoms. The van der Waals surface area contributed by atoms with Crippen molar-refractivity contribution in [3.05, 3.63) is 71.0 Å². The van der Waals surface area contributed by atoms with Crippen LogP contribution in [0.1, 0.15) is 30.8 Å². The van der Waals surface area contributed by atoms with E-state index >= 15 is 0 Å². The second-order valence-electron chi connectivity index (χ2n) is 6.73. The third kappa shape index (κ3) is 5.12. The Morgan fingerprint density at radius 2 is 1.74 bits per heavy atom. The van der Waals surface area contributed by atoms with E-state index in [1.54, 1.807) is 11.8 Å². The predicted octanol–water partition coefficient (Wildman–Crippen LogP) is 5.27. The van der Waals surface area contributed by atoms with Crippen LogP contribution in [0.25, 0.3) is 5.69 Å². The summed E-state index contributed by atoms with van der Waals surface area (Å²) < 4.78 is 2.15. The van der Waals surface area contributed by atoms with Crippen molar-refractivity contribution in [1.29, 1.82) is 0 Å². The third-order valence-corrected chi connectivity index (χ3v) is 5.84. The molecule has 3 aromatic rings. The monoisotopic (exact) mass is 400 g/mol. The van der Waals surface area contributed by atoms with Gasteiger partial charge in [0.05, 0.1) is 6.04 Å². The lowest BCUT2D eigenvalue weighted by Crippen LogP contribution is -2.20. The van der Waals surface area contributed by atoms with Crippen molar-refractivity contribution in [3.8, 4) is 5.69 Å². The third-order valence-electron chi connectivity index (χ3n) is 4.58. The first-order valence-electron chi connectivity index (χ1n) is 9.10. The van der Waals surface area contributed by atoms with Crippen LogP contribution in [0.4, 0.5) is 0 Å². The van der Waals surface area contributed by atoms with Crippen LogP contribution >= 0.6 is 23.4 Å². The molecule has 3 rings (SSSR count). The quantitative estimate of drug-likeness (QED) is 0.381. The van der Waals surface area contributed by atoms with Gasteiger partial charge in [-0.2, -0.15) is 0 Å². The standard InChI is InChI=1S/C21H25ClN4S/c1-16(25(2)3)20-23-24-21(26(20)19-13-11-18(22)12-14-19)27-15-7-10-17-8-5-4-6-9-17/h4-6,8-9,11-14,16H,7,10,15H2,1-3H3. The summed E-state index contributed by atoms with van der Waals surface area (Å²) in [5.74, 6) is 1.93. The highest BCUT2D eigenvalue weighted by Crippen LogP contribution is 2.28. The zero-order valence-corrected chi connectivity index (χ0v) is 17.5. The number of hydrogen-bond acceptors (Lipinski definition) is 4. The Balaban J connectivity index is 1.76. The van der Waals surface area contributed by atoms with Crippen LogP contribution in [0.5, 0.6) is 0 Å². The Labute approximate surface area is 170 Å². The van der Waals surface area contributed by atoms with Crippen molar-refractivity contribution >= 4 is 23.4 Å². The minimum atomic E-state index is 0.159. The fourth-order valence-electron chi connectivity index (χ4n) is 2.79. The van der Waals surface area contributed by atoms with Crippen LogP contribution in [0.2, 0.25) is 5.02 Å². The minimum absolute atomic E-state index is 0.159. The van der Waals surface area contributed by atoms with Crippen LogP contribution in [0, 0.1) is 0 Å². The van der Waals surface area contributed by atoms with Gasteiger partial charge in [-0.3, -0.25) is 9.47 Å². The summed E-state index contributed by atoms with van der Waals surface area (Å²) in [6, 6.07) is 18.6. The number of aryl methyl sites for hydroxylation is 1. The molecule has 0 spiro atoms. The van der Waals surface area contributed by atoms with E-state index in [0.29, 0.717) is 0 Å². The van der Waals surface area contributed by atoms with Crippen LogP contribution in [-0.2, 0) is 6.42 Å². The van der Waals surface area contributed by atoms with Gasteiger partial charge in [0.1, 0.15) is 0 Å². The molecule has 0 amide bonds. The van der Waals surface area contributed by atoms with Gasteiger partial charge in [-0.15, -0.1) is 10.2 Å². The molecule has 142 valence electrons. The van der Waals surface area contributed by atoms with Gasteiger partial charge in [-0.1, -0.05) is 53.7 Å². The van der Waals surface area contributed by atoms with Gasteiger partial charge in [0.15, 0.2) is 11.0 Å². The number of aromatic nitrogens is 3. The van der Waals surface area contributed by atoms with E-state index in [4.69, 9.17) is 11.6 Å². The largest absolute Gasteiger partial charge is 0.300 e. The molecule has 0 saturated carbocycles. The molecule has 1 aromatic heterocycles. The molecule has 0 N–H and O–H groups in total. The Kier molecular flexibility index (Phi) is 6.94. The second-order valence-corrected chi connectivity index (χ2v) is 8.23. The van der Waals surface area contributed by atoms with Gasteiger partial charge in [0.2, 0.25) is 0 Å². The molecule has 1 heterocycles. The zero-order valence-electron chi connectivity index (χ0n) is 16.0. The van der Waals surface area contributed by atoms with Gasteiger partial charge in [0.25, 0.3) is 0 Å². The Morgan fingerprint density at radius 3 is 2.41 bits per heavy atom. The molecule has 0 aliphatic rings. The number of rotatable bonds is 8. The first-order chi connectivity index (χ1) is 13.1. The fraction of sp³-hybridized carbons (Fsp3) is 0.333. The van der Waals surface area contributed by atoms with Gasteiger partial charge >= 0.3 is 0 Å². The fourth-order valence-corrected chi connectivity index (χ4v) is 3.82. The second kappa shape index (κ2) is 9.40. The first-order valence-corrected chi connectivity index (χ1v) is 10.5. The van der Waals surface area contributed by atoms with E-state index in [-0.39, 0.29) is 6.04 Å². The van der Waals surface area contributed by atoms with Crippen molar-refractivity contribution in [1.82, 2.24) is 19.7 Å². The van der Waals surface area contributed by atoms with Crippen LogP contribution in [0.15, 0.2) is 59.8 Å². The molecule has 0 aliphatic heterocycles. The first kappa shape index (κ1) is 19.9. The highest BCUT2D eigenvalue weighted by molar-refractivity contribution is 7.99. The molecule has 0 saturated heterocycles. The molecule has 27 heavy (non-hydrogen) atoms. The summed E-state index contributed by atoms with van der Waals surface area (Å²) in [5, 5.41) is 10.6. The van der Waals surface area contributed by atoms with Gasteiger partial charge < -0.3 is 0 Å². The number of thioether (sulfide) groups is 1. The highest BCUT2D eigenvalue weighted by Gasteiger charge is 2.20. The maximum atomic E-state index is 6.07. The number of halogens is 1. The zero-order chi connectivity index (χ0) is 19.2. The average molecular weight is 401 g/mol. The van der Waals surface area contributed by atoms with Crippen LogP contribution < -0.4 is 0 Å². The van der Waals surface area contributed by atoms with E-state index in [1.165, 1.54) is 5.56 Å². The molecule has 4 nitrogen and oxygen atoms in total. The predicted molar refractivity (Wildman–Crippen MR) is 114 cm³/mol. The molecule has 0 radical (unpaired) electrons. The number of hydrogen-bond donors (Lipinski definition) is 0. The number of benzene rings is 2. The van der Waals surface area contributed by atoms with Crippen molar-refractivity contribution in [3.63, 3.8) is 0 Å². The summed E-state index contributed by atoms with van der Waals surface area (Å²) in [5.41, 5.74) is 2.41. The highest BCUT2D eigenvalue weighted by atomic mass is 35.5. The van der Waals surface area contributed by atoms with Crippen molar-refractivity contribution in [2.45, 2.75) is 31.0 Å². The normalized spacial score (nSPS) is 12.5. The number of nitrogens with zero attached hydrogens (tertiary/aromatic N) is 4. The van der Waals surface area contributed by atoms with Crippen LogP contribution in [-0.4, -0.2) is 39.5 Å². The molecule has 0 aliphatic carbocycles. The smallest absolute Gasteiger partial charge is 0.195 e. The lowest BCUT2D eigenvalue weighted by molar-refractivity contribution is 0.305. The molecule has 1 atom stereocenters. The Morgan fingerprint density at radius 1 is 1.04 bits per heavy atom. The van der Waals surface area contributed by atoms with E-state index in [0.717, 1.165) is 40.3 Å². The summed E-state index contributed by atoms with van der Waals surface area (Å²) in [6.45, 7) is 2.14. The molecule has 6 heteroatoms. The molecule has 1 unspecified atom stereocenters. The summed E-state index contributed by atoms with van der Waals surface area (Å²) >= 11 is 7.83. The van der Waals surface area contributed by atoms with Gasteiger partial charge in [0, 0.05) is 16.5 Å². The lowest BCUT2D eigenvalue weighted by atomic mass is 10.1. The molecule has 2 aromatic carbocycles. The summed E-state index contributed by atoms with van der Waals surface area (Å²) in [4.78, 5) is 2.14. The van der Waals surface area contributed by atoms with Crippen LogP contribution in [0.3, 0.4) is 0 Å². The van der Waals surface area contributed by atoms with E-state index in [9.17, 15) is 0 Å². The van der Waals surface area contributed by atoms with Crippen molar-refractivity contribution in [2.75, 3.05) is 19.8 Å². The van der Waals surface area contributed by atoms with E-state index in [1.807, 2.05) is 24.3 Å². The summed E-state index contributed by atoms with van der Waals surface area (Å²) in [7, 11) is 4.11. The van der Waals surface area contributed by atoms with Gasteiger partial charge in [-0.25, -0.2) is 0 Å². The Bertz CT molecular complexity index is 846. The maximum absolute atomic E-state index is 6.07. The van der Waals surface area contributed by atoms with Gasteiger partial charge in [-0.05, 0) is 63.7 Å². The van der Waals surface area contributed by atoms with E-state index < -0.39 is 0 Å². The minimum Gasteiger partial charge on any atom is -0.300 e. The average Bonchev–Trinajstić information content (AvgIpc) is 3.09. The summed E-state index contributed by atoms with van der Waals surface area (Å²) in [6.07, 6.45) is 2.17. The Hall–Kier alpha value is -1.82. The lowest BCUT2D eigenvalue weighted by Gasteiger charge is -2.20. The molecular formula is C21H25ClN4S. The van der Waals surface area contributed by atoms with Crippen molar-refractivity contribution < 1.29 is 0 Å². The van der Waals surface area contributed by atoms with E-state index in [2.05, 4.69) is 71.0 Å². The SMILES string of the molecule is CC(c1nnc(SCCCc2ccccc2)n1-c1ccc(Cl)cc1)N(C)C. The van der Waals surface area contributed by atoms with Crippen molar-refractivity contribution in [2.24, 2.45) is 0 Å². The topological polar surface area (TPSA) is 34.0 Å².